The van der Waals surface area contributed by atoms with E-state index in [2.05, 4.69) is 38.3 Å². The van der Waals surface area contributed by atoms with Gasteiger partial charge in [0.05, 0.1) is 18.0 Å². The van der Waals surface area contributed by atoms with Gasteiger partial charge < -0.3 is 20.9 Å². The molecule has 4 aliphatic rings. The van der Waals surface area contributed by atoms with Crippen LogP contribution < -0.4 is 16.0 Å². The second kappa shape index (κ2) is 13.3. The Morgan fingerprint density at radius 3 is 2.64 bits per heavy atom. The highest BCUT2D eigenvalue weighted by Crippen LogP contribution is 2.52. The number of hydrogen-bond acceptors (Lipinski definition) is 7. The number of aromatic nitrogens is 3. The fraction of sp³-hybridized carbons (Fsp3) is 0.421. The molecule has 1 saturated carbocycles. The number of hydrogen-bond donors (Lipinski definition) is 4. The average Bonchev–Trinajstić information content (AvgIpc) is 3.57. The average molecular weight is 677 g/mol. The lowest BCUT2D eigenvalue weighted by Gasteiger charge is -2.43. The molecule has 4 unspecified atom stereocenters. The molecule has 7 rings (SSSR count). The van der Waals surface area contributed by atoms with E-state index in [1.807, 2.05) is 37.3 Å². The number of benzene rings is 2. The van der Waals surface area contributed by atoms with Gasteiger partial charge in [-0.25, -0.2) is 9.37 Å². The van der Waals surface area contributed by atoms with Gasteiger partial charge in [-0.1, -0.05) is 24.3 Å². The molecule has 7 atom stereocenters. The van der Waals surface area contributed by atoms with Gasteiger partial charge in [-0.15, -0.1) is 0 Å². The van der Waals surface area contributed by atoms with Gasteiger partial charge in [0.25, 0.3) is 11.8 Å². The smallest absolute Gasteiger partial charge is 0.251 e. The summed E-state index contributed by atoms with van der Waals surface area (Å²) in [6.45, 7) is 2.12. The minimum absolute atomic E-state index is 0.0780. The van der Waals surface area contributed by atoms with Crippen molar-refractivity contribution in [3.8, 4) is 17.5 Å². The van der Waals surface area contributed by atoms with Gasteiger partial charge in [0, 0.05) is 48.8 Å². The van der Waals surface area contributed by atoms with Crippen molar-refractivity contribution >= 4 is 17.7 Å². The number of rotatable bonds is 9. The lowest BCUT2D eigenvalue weighted by atomic mass is 9.61. The number of carbonyl (C=O) groups excluding carboxylic acids is 3. The molecule has 1 saturated heterocycles. The fourth-order valence-electron chi connectivity index (χ4n) is 8.51. The summed E-state index contributed by atoms with van der Waals surface area (Å²) in [5.41, 5.74) is 2.88. The van der Waals surface area contributed by atoms with Crippen LogP contribution in [0.15, 0.2) is 66.3 Å². The standard InChI is InChI=1S/C38H41FN8O3/c1-21(43-20-33(48)47-29(19-40)16-27-17-32(27)47)18-38(37-44-34(45-46-37)22-6-10-28(39)11-7-22)30-12-8-25(35(49)41-2)14-23(30)4-5-24-15-26(36(50)42-3)9-13-31(24)38/h6-15,21,23,27,29-30,32,43H,4-5,16-18,20H2,1-3H3,(H,41,49)(H,42,50)(H,44,45,46)/t21-,23?,27+,29?,30?,32-,38?/m0/s1. The summed E-state index contributed by atoms with van der Waals surface area (Å²) in [6.07, 6.45) is 9.53. The van der Waals surface area contributed by atoms with Crippen LogP contribution in [-0.2, 0) is 21.4 Å². The Kier molecular flexibility index (Phi) is 8.86. The van der Waals surface area contributed by atoms with Crippen LogP contribution in [0.3, 0.4) is 0 Å². The Morgan fingerprint density at radius 1 is 1.12 bits per heavy atom. The summed E-state index contributed by atoms with van der Waals surface area (Å²) in [5, 5.41) is 26.5. The third-order valence-electron chi connectivity index (χ3n) is 11.0. The Balaban J connectivity index is 1.32. The van der Waals surface area contributed by atoms with Crippen molar-refractivity contribution in [3.05, 3.63) is 94.6 Å². The molecule has 0 radical (unpaired) electrons. The minimum atomic E-state index is -0.857. The number of aryl methyl sites for hydroxylation is 1. The Morgan fingerprint density at radius 2 is 1.90 bits per heavy atom. The van der Waals surface area contributed by atoms with Gasteiger partial charge in [0.2, 0.25) is 5.91 Å². The maximum Gasteiger partial charge on any atom is 0.251 e. The van der Waals surface area contributed by atoms with Gasteiger partial charge >= 0.3 is 0 Å². The second-order valence-corrected chi connectivity index (χ2v) is 14.0. The maximum absolute atomic E-state index is 13.9. The van der Waals surface area contributed by atoms with Gasteiger partial charge in [-0.05, 0) is 98.4 Å². The molecule has 3 amide bonds. The molecule has 50 heavy (non-hydrogen) atoms. The molecule has 3 aliphatic carbocycles. The number of nitrogens with zero attached hydrogens (tertiary/aromatic N) is 4. The van der Waals surface area contributed by atoms with Crippen molar-refractivity contribution in [2.24, 2.45) is 17.8 Å². The molecular weight excluding hydrogens is 635 g/mol. The number of aromatic amines is 1. The second-order valence-electron chi connectivity index (χ2n) is 14.0. The molecule has 2 aromatic carbocycles. The molecule has 0 spiro atoms. The van der Waals surface area contributed by atoms with Crippen molar-refractivity contribution in [1.82, 2.24) is 36.0 Å². The molecule has 0 bridgehead atoms. The van der Waals surface area contributed by atoms with E-state index in [1.165, 1.54) is 12.1 Å². The molecule has 2 heterocycles. The van der Waals surface area contributed by atoms with Crippen LogP contribution in [0.2, 0.25) is 0 Å². The zero-order valence-corrected chi connectivity index (χ0v) is 28.4. The largest absolute Gasteiger partial charge is 0.355 e. The highest BCUT2D eigenvalue weighted by Gasteiger charge is 2.54. The number of allylic oxidation sites excluding steroid dienone is 2. The number of halogens is 1. The lowest BCUT2D eigenvalue weighted by molar-refractivity contribution is -0.131. The molecule has 4 N–H and O–H groups in total. The Bertz CT molecular complexity index is 1930. The molecule has 1 aromatic heterocycles. The van der Waals surface area contributed by atoms with Gasteiger partial charge in [0.1, 0.15) is 17.7 Å². The number of fused-ring (bicyclic) bond motifs is 3. The predicted octanol–water partition coefficient (Wildman–Crippen LogP) is 3.56. The first-order valence-corrected chi connectivity index (χ1v) is 17.3. The Labute approximate surface area is 290 Å². The first-order chi connectivity index (χ1) is 24.2. The van der Waals surface area contributed by atoms with E-state index in [4.69, 9.17) is 4.98 Å². The third kappa shape index (κ3) is 5.89. The van der Waals surface area contributed by atoms with E-state index in [0.29, 0.717) is 53.5 Å². The zero-order chi connectivity index (χ0) is 35.2. The van der Waals surface area contributed by atoms with Gasteiger partial charge in [-0.2, -0.15) is 10.4 Å². The summed E-state index contributed by atoms with van der Waals surface area (Å²) in [7, 11) is 3.22. The summed E-state index contributed by atoms with van der Waals surface area (Å²) < 4.78 is 13.9. The molecule has 1 aliphatic heterocycles. The van der Waals surface area contributed by atoms with Crippen LogP contribution in [0.25, 0.3) is 11.4 Å². The van der Waals surface area contributed by atoms with Crippen LogP contribution in [0.5, 0.6) is 0 Å². The number of likely N-dealkylation sites (N-methyl/N-ethyl adjacent to an activating group) is 1. The summed E-state index contributed by atoms with van der Waals surface area (Å²) >= 11 is 0. The van der Waals surface area contributed by atoms with E-state index >= 15 is 0 Å². The number of piperidine rings is 1. The topological polar surface area (TPSA) is 156 Å². The van der Waals surface area contributed by atoms with Crippen LogP contribution in [-0.4, -0.2) is 76.6 Å². The first kappa shape index (κ1) is 33.4. The highest BCUT2D eigenvalue weighted by atomic mass is 19.1. The predicted molar refractivity (Wildman–Crippen MR) is 184 cm³/mol. The van der Waals surface area contributed by atoms with Crippen LogP contribution in [0.4, 0.5) is 4.39 Å². The number of carbonyl (C=O) groups is 3. The van der Waals surface area contributed by atoms with Crippen molar-refractivity contribution in [2.45, 2.75) is 62.6 Å². The quantitative estimate of drug-likeness (QED) is 0.270. The summed E-state index contributed by atoms with van der Waals surface area (Å²) in [5.74, 6) is 0.364. The number of H-pyrrole nitrogens is 1. The molecule has 3 aromatic rings. The van der Waals surface area contributed by atoms with E-state index in [-0.39, 0.29) is 60.0 Å². The number of nitrogens with one attached hydrogen (secondary N) is 4. The van der Waals surface area contributed by atoms with Crippen LogP contribution in [0.1, 0.15) is 59.9 Å². The van der Waals surface area contributed by atoms with Gasteiger partial charge in [-0.3, -0.25) is 19.5 Å². The van der Waals surface area contributed by atoms with Crippen molar-refractivity contribution in [2.75, 3.05) is 20.6 Å². The summed E-state index contributed by atoms with van der Waals surface area (Å²) in [4.78, 5) is 46.0. The normalized spacial score (nSPS) is 26.7. The monoisotopic (exact) mass is 676 g/mol. The SMILES string of the molecule is CNC(=O)C1=CC2CCc3cc(C(=O)NC)ccc3C(C[C@H](C)NCC(=O)N3C(C#N)C[C@@H]4C[C@@H]43)(c3nc(-c4ccc(F)cc4)n[nH]3)C2C=C1. The van der Waals surface area contributed by atoms with Gasteiger partial charge in [0.15, 0.2) is 5.82 Å². The number of amides is 3. The maximum atomic E-state index is 13.9. The lowest BCUT2D eigenvalue weighted by Crippen LogP contribution is -2.48. The van der Waals surface area contributed by atoms with Crippen LogP contribution >= 0.6 is 0 Å². The Hall–Kier alpha value is -5.15. The fourth-order valence-corrected chi connectivity index (χ4v) is 8.51. The van der Waals surface area contributed by atoms with Crippen molar-refractivity contribution < 1.29 is 18.8 Å². The van der Waals surface area contributed by atoms with Crippen molar-refractivity contribution in [1.29, 1.82) is 5.26 Å². The molecule has 11 nitrogen and oxygen atoms in total. The minimum Gasteiger partial charge on any atom is -0.355 e. The van der Waals surface area contributed by atoms with E-state index < -0.39 is 5.41 Å². The molecule has 2 fully saturated rings. The third-order valence-corrected chi connectivity index (χ3v) is 11.0. The van der Waals surface area contributed by atoms with E-state index in [1.54, 1.807) is 31.1 Å². The first-order valence-electron chi connectivity index (χ1n) is 17.3. The van der Waals surface area contributed by atoms with Crippen LogP contribution in [0, 0.1) is 34.9 Å². The molecule has 12 heteroatoms. The number of nitriles is 1. The number of likely N-dealkylation sites (tertiary alicyclic amines) is 1. The zero-order valence-electron chi connectivity index (χ0n) is 28.4. The molecular formula is C38H41FN8O3. The summed E-state index contributed by atoms with van der Waals surface area (Å²) in [6, 6.07) is 13.6. The van der Waals surface area contributed by atoms with E-state index in [0.717, 1.165) is 24.0 Å². The molecule has 258 valence electrons. The van der Waals surface area contributed by atoms with Crippen molar-refractivity contribution in [3.63, 3.8) is 0 Å². The van der Waals surface area contributed by atoms with E-state index in [9.17, 15) is 24.0 Å². The highest BCUT2D eigenvalue weighted by molar-refractivity contribution is 5.96.